The molecule has 0 bridgehead atoms. The number of morpholine rings is 1. The molecule has 0 radical (unpaired) electrons. The Morgan fingerprint density at radius 1 is 1.50 bits per heavy atom. The van der Waals surface area contributed by atoms with Crippen molar-refractivity contribution in [2.75, 3.05) is 32.1 Å². The Labute approximate surface area is 118 Å². The third-order valence-electron chi connectivity index (χ3n) is 3.75. The van der Waals surface area contributed by atoms with E-state index < -0.39 is 0 Å². The molecule has 0 aliphatic carbocycles. The Morgan fingerprint density at radius 3 is 2.85 bits per heavy atom. The Morgan fingerprint density at radius 2 is 2.25 bits per heavy atom. The first-order chi connectivity index (χ1) is 9.44. The van der Waals surface area contributed by atoms with Gasteiger partial charge in [-0.2, -0.15) is 0 Å². The second kappa shape index (κ2) is 5.76. The largest absolute Gasteiger partial charge is 0.388 e. The highest BCUT2D eigenvalue weighted by Gasteiger charge is 2.31. The lowest BCUT2D eigenvalue weighted by Gasteiger charge is -2.42. The van der Waals surface area contributed by atoms with E-state index in [-0.39, 0.29) is 16.1 Å². The van der Waals surface area contributed by atoms with Crippen LogP contribution in [0.1, 0.15) is 19.4 Å². The molecule has 110 valence electrons. The first-order valence-electron chi connectivity index (χ1n) is 6.72. The van der Waals surface area contributed by atoms with Crippen LogP contribution in [-0.2, 0) is 11.3 Å². The first kappa shape index (κ1) is 14.7. The zero-order valence-corrected chi connectivity index (χ0v) is 12.2. The summed E-state index contributed by atoms with van der Waals surface area (Å²) in [4.78, 5) is 12.9. The van der Waals surface area contributed by atoms with Crippen molar-refractivity contribution in [2.24, 2.45) is 0 Å². The molecule has 1 fully saturated rings. The smallest absolute Gasteiger partial charge is 0.269 e. The summed E-state index contributed by atoms with van der Waals surface area (Å²) in [5, 5.41) is 14.0. The summed E-state index contributed by atoms with van der Waals surface area (Å²) in [6.07, 6.45) is 0. The van der Waals surface area contributed by atoms with Gasteiger partial charge in [0.2, 0.25) is 0 Å². The van der Waals surface area contributed by atoms with Crippen LogP contribution < -0.4 is 5.32 Å². The van der Waals surface area contributed by atoms with Gasteiger partial charge < -0.3 is 10.1 Å². The summed E-state index contributed by atoms with van der Waals surface area (Å²) < 4.78 is 5.51. The van der Waals surface area contributed by atoms with E-state index in [2.05, 4.69) is 24.1 Å². The maximum absolute atomic E-state index is 10.9. The van der Waals surface area contributed by atoms with E-state index in [1.165, 1.54) is 6.07 Å². The van der Waals surface area contributed by atoms with Crippen molar-refractivity contribution in [2.45, 2.75) is 25.9 Å². The number of ether oxygens (including phenoxy) is 1. The summed E-state index contributed by atoms with van der Waals surface area (Å²) in [5.41, 5.74) is 1.94. The second-order valence-corrected chi connectivity index (χ2v) is 5.64. The molecular weight excluding hydrogens is 258 g/mol. The van der Waals surface area contributed by atoms with Crippen LogP contribution in [0.4, 0.5) is 11.4 Å². The molecular formula is C14H21N3O3. The van der Waals surface area contributed by atoms with Crippen LogP contribution in [0, 0.1) is 10.1 Å². The van der Waals surface area contributed by atoms with Gasteiger partial charge in [-0.05, 0) is 25.5 Å². The van der Waals surface area contributed by atoms with Crippen molar-refractivity contribution in [3.63, 3.8) is 0 Å². The zero-order valence-electron chi connectivity index (χ0n) is 12.2. The van der Waals surface area contributed by atoms with E-state index in [9.17, 15) is 10.1 Å². The Balaban J connectivity index is 2.26. The highest BCUT2D eigenvalue weighted by atomic mass is 16.6. The van der Waals surface area contributed by atoms with Crippen molar-refractivity contribution in [1.82, 2.24) is 4.90 Å². The van der Waals surface area contributed by atoms with E-state index in [0.717, 1.165) is 17.8 Å². The van der Waals surface area contributed by atoms with E-state index in [0.29, 0.717) is 19.8 Å². The Kier molecular flexibility index (Phi) is 4.25. The lowest BCUT2D eigenvalue weighted by molar-refractivity contribution is -0.384. The maximum Gasteiger partial charge on any atom is 0.269 e. The van der Waals surface area contributed by atoms with Gasteiger partial charge in [0.15, 0.2) is 0 Å². The maximum atomic E-state index is 10.9. The number of nitrogens with zero attached hydrogens (tertiary/aromatic N) is 2. The molecule has 20 heavy (non-hydrogen) atoms. The average molecular weight is 279 g/mol. The normalized spacial score (nSPS) is 18.8. The highest BCUT2D eigenvalue weighted by Crippen LogP contribution is 2.27. The molecule has 6 heteroatoms. The number of nitro benzene ring substituents is 1. The van der Waals surface area contributed by atoms with Crippen LogP contribution in [0.25, 0.3) is 0 Å². The summed E-state index contributed by atoms with van der Waals surface area (Å²) in [5.74, 6) is 0. The van der Waals surface area contributed by atoms with Gasteiger partial charge in [-0.15, -0.1) is 0 Å². The van der Waals surface area contributed by atoms with Gasteiger partial charge in [0.05, 0.1) is 18.1 Å². The van der Waals surface area contributed by atoms with Crippen LogP contribution in [0.5, 0.6) is 0 Å². The number of anilines is 1. The van der Waals surface area contributed by atoms with Crippen molar-refractivity contribution in [3.05, 3.63) is 33.9 Å². The van der Waals surface area contributed by atoms with Crippen LogP contribution in [0.15, 0.2) is 18.2 Å². The fourth-order valence-corrected chi connectivity index (χ4v) is 2.46. The zero-order chi connectivity index (χ0) is 14.8. The molecule has 1 saturated heterocycles. The predicted molar refractivity (Wildman–Crippen MR) is 78.0 cm³/mol. The summed E-state index contributed by atoms with van der Waals surface area (Å²) in [6, 6.07) is 4.94. The molecule has 1 aromatic carbocycles. The number of non-ortho nitro benzene ring substituents is 1. The van der Waals surface area contributed by atoms with Crippen LogP contribution in [0.2, 0.25) is 0 Å². The van der Waals surface area contributed by atoms with Crippen molar-refractivity contribution in [1.29, 1.82) is 0 Å². The molecule has 1 heterocycles. The topological polar surface area (TPSA) is 67.6 Å². The summed E-state index contributed by atoms with van der Waals surface area (Å²) in [7, 11) is 1.83. The SMILES string of the molecule is CNc1ccc([N+](=O)[O-])cc1CN1CCOCC1(C)C. The van der Waals surface area contributed by atoms with Crippen molar-refractivity contribution in [3.8, 4) is 0 Å². The van der Waals surface area contributed by atoms with Crippen LogP contribution in [0.3, 0.4) is 0 Å². The summed E-state index contributed by atoms with van der Waals surface area (Å²) in [6.45, 7) is 7.14. The Hall–Kier alpha value is -1.66. The molecule has 2 rings (SSSR count). The third kappa shape index (κ3) is 3.08. The molecule has 6 nitrogen and oxygen atoms in total. The van der Waals surface area contributed by atoms with Crippen LogP contribution in [-0.4, -0.2) is 42.2 Å². The minimum atomic E-state index is -0.354. The fraction of sp³-hybridized carbons (Fsp3) is 0.571. The van der Waals surface area contributed by atoms with E-state index >= 15 is 0 Å². The molecule has 0 atom stereocenters. The second-order valence-electron chi connectivity index (χ2n) is 5.64. The molecule has 1 aromatic rings. The first-order valence-corrected chi connectivity index (χ1v) is 6.72. The molecule has 1 aliphatic heterocycles. The molecule has 0 spiro atoms. The number of rotatable bonds is 4. The predicted octanol–water partition coefficient (Wildman–Crippen LogP) is 2.25. The quantitative estimate of drug-likeness (QED) is 0.676. The lowest BCUT2D eigenvalue weighted by Crippen LogP contribution is -2.52. The van der Waals surface area contributed by atoms with Crippen molar-refractivity contribution < 1.29 is 9.66 Å². The monoisotopic (exact) mass is 279 g/mol. The van der Waals surface area contributed by atoms with E-state index in [4.69, 9.17) is 4.74 Å². The average Bonchev–Trinajstić information content (AvgIpc) is 2.41. The third-order valence-corrected chi connectivity index (χ3v) is 3.75. The standard InChI is InChI=1S/C14H21N3O3/c1-14(2)10-20-7-6-16(14)9-11-8-12(17(18)19)4-5-13(11)15-3/h4-5,8,15H,6-7,9-10H2,1-3H3. The van der Waals surface area contributed by atoms with Gasteiger partial charge in [-0.3, -0.25) is 15.0 Å². The highest BCUT2D eigenvalue weighted by molar-refractivity contribution is 5.55. The van der Waals surface area contributed by atoms with E-state index in [1.807, 2.05) is 7.05 Å². The fourth-order valence-electron chi connectivity index (χ4n) is 2.46. The minimum Gasteiger partial charge on any atom is -0.388 e. The van der Waals surface area contributed by atoms with Gasteiger partial charge in [0.1, 0.15) is 0 Å². The van der Waals surface area contributed by atoms with Gasteiger partial charge in [0, 0.05) is 43.5 Å². The molecule has 1 aliphatic rings. The number of hydrogen-bond acceptors (Lipinski definition) is 5. The minimum absolute atomic E-state index is 0.0616. The van der Waals surface area contributed by atoms with E-state index in [1.54, 1.807) is 12.1 Å². The number of nitro groups is 1. The molecule has 0 unspecified atom stereocenters. The number of nitrogens with one attached hydrogen (secondary N) is 1. The summed E-state index contributed by atoms with van der Waals surface area (Å²) >= 11 is 0. The lowest BCUT2D eigenvalue weighted by atomic mass is 10.0. The molecule has 0 saturated carbocycles. The number of benzene rings is 1. The molecule has 1 N–H and O–H groups in total. The van der Waals surface area contributed by atoms with Gasteiger partial charge >= 0.3 is 0 Å². The van der Waals surface area contributed by atoms with Crippen molar-refractivity contribution >= 4 is 11.4 Å². The molecule has 0 amide bonds. The number of hydrogen-bond donors (Lipinski definition) is 1. The van der Waals surface area contributed by atoms with Gasteiger partial charge in [-0.25, -0.2) is 0 Å². The van der Waals surface area contributed by atoms with Gasteiger partial charge in [-0.1, -0.05) is 0 Å². The van der Waals surface area contributed by atoms with Crippen LogP contribution >= 0.6 is 0 Å². The van der Waals surface area contributed by atoms with Gasteiger partial charge in [0.25, 0.3) is 5.69 Å². The molecule has 0 aromatic heterocycles. The Bertz CT molecular complexity index is 502.